The van der Waals surface area contributed by atoms with E-state index in [1.807, 2.05) is 47.8 Å². The van der Waals surface area contributed by atoms with Crippen molar-refractivity contribution in [3.05, 3.63) is 54.6 Å². The van der Waals surface area contributed by atoms with E-state index in [0.29, 0.717) is 5.75 Å². The Bertz CT molecular complexity index is 777. The normalized spacial score (nSPS) is 11.2. The Morgan fingerprint density at radius 1 is 1.00 bits per heavy atom. The molecular formula is C19H20N2O5. The van der Waals surface area contributed by atoms with Crippen LogP contribution in [-0.2, 0) is 14.3 Å². The van der Waals surface area contributed by atoms with Crippen LogP contribution in [-0.4, -0.2) is 37.7 Å². The predicted molar refractivity (Wildman–Crippen MR) is 95.5 cm³/mol. The van der Waals surface area contributed by atoms with Crippen LogP contribution in [0.2, 0.25) is 0 Å². The average molecular weight is 356 g/mol. The second-order valence-electron chi connectivity index (χ2n) is 5.35. The van der Waals surface area contributed by atoms with Crippen LogP contribution >= 0.6 is 0 Å². The smallest absolute Gasteiger partial charge is 0.344 e. The minimum absolute atomic E-state index is 0.360. The lowest BCUT2D eigenvalue weighted by molar-refractivity contribution is -0.156. The summed E-state index contributed by atoms with van der Waals surface area (Å²) in [5, 5.41) is 4.27. The second-order valence-corrected chi connectivity index (χ2v) is 5.35. The molecule has 2 rings (SSSR count). The molecule has 0 spiro atoms. The van der Waals surface area contributed by atoms with Crippen molar-refractivity contribution in [3.8, 4) is 16.9 Å². The molecule has 0 aliphatic carbocycles. The molecule has 0 aromatic heterocycles. The molecule has 0 unspecified atom stereocenters. The van der Waals surface area contributed by atoms with Gasteiger partial charge in [-0.2, -0.15) is 0 Å². The molecule has 3 amide bonds. The van der Waals surface area contributed by atoms with E-state index in [2.05, 4.69) is 5.32 Å². The molecule has 0 saturated carbocycles. The van der Waals surface area contributed by atoms with E-state index in [-0.39, 0.29) is 6.61 Å². The first kappa shape index (κ1) is 19.0. The van der Waals surface area contributed by atoms with Gasteiger partial charge >= 0.3 is 12.0 Å². The Morgan fingerprint density at radius 2 is 1.65 bits per heavy atom. The maximum atomic E-state index is 11.9. The Balaban J connectivity index is 1.94. The lowest BCUT2D eigenvalue weighted by Gasteiger charge is -2.14. The molecule has 2 aromatic rings. The van der Waals surface area contributed by atoms with Crippen molar-refractivity contribution in [1.29, 1.82) is 0 Å². The standard InChI is InChI=1S/C19H20N2O5/c1-13(18(23)21-19(24)20-2)26-17(22)12-25-16-11-7-6-10-15(16)14-8-4-3-5-9-14/h3-11,13H,12H2,1-2H3,(H2,20,21,23,24)/t13-/m1/s1. The van der Waals surface area contributed by atoms with Gasteiger partial charge in [-0.3, -0.25) is 10.1 Å². The predicted octanol–water partition coefficient (Wildman–Crippen LogP) is 2.12. The number of para-hydroxylation sites is 1. The van der Waals surface area contributed by atoms with Crippen LogP contribution in [0.15, 0.2) is 54.6 Å². The van der Waals surface area contributed by atoms with Gasteiger partial charge in [-0.15, -0.1) is 0 Å². The van der Waals surface area contributed by atoms with Crippen molar-refractivity contribution < 1.29 is 23.9 Å². The third-order valence-corrected chi connectivity index (χ3v) is 3.46. The summed E-state index contributed by atoms with van der Waals surface area (Å²) >= 11 is 0. The van der Waals surface area contributed by atoms with Gasteiger partial charge < -0.3 is 14.8 Å². The van der Waals surface area contributed by atoms with Crippen LogP contribution in [0.3, 0.4) is 0 Å². The van der Waals surface area contributed by atoms with Crippen molar-refractivity contribution in [1.82, 2.24) is 10.6 Å². The first-order chi connectivity index (χ1) is 12.5. The van der Waals surface area contributed by atoms with Crippen molar-refractivity contribution in [2.45, 2.75) is 13.0 Å². The Morgan fingerprint density at radius 3 is 2.35 bits per heavy atom. The number of carbonyl (C=O) groups is 3. The van der Waals surface area contributed by atoms with Gasteiger partial charge in [-0.1, -0.05) is 48.5 Å². The van der Waals surface area contributed by atoms with Crippen LogP contribution in [0.25, 0.3) is 11.1 Å². The SMILES string of the molecule is CNC(=O)NC(=O)[C@@H](C)OC(=O)COc1ccccc1-c1ccccc1. The number of hydrogen-bond acceptors (Lipinski definition) is 5. The Hall–Kier alpha value is -3.35. The maximum Gasteiger partial charge on any atom is 0.344 e. The quantitative estimate of drug-likeness (QED) is 0.773. The Labute approximate surface area is 151 Å². The molecule has 136 valence electrons. The third kappa shape index (κ3) is 5.34. The molecule has 0 aliphatic rings. The van der Waals surface area contributed by atoms with E-state index in [4.69, 9.17) is 9.47 Å². The van der Waals surface area contributed by atoms with Crippen LogP contribution in [0.5, 0.6) is 5.75 Å². The van der Waals surface area contributed by atoms with Crippen LogP contribution in [0.1, 0.15) is 6.92 Å². The highest BCUT2D eigenvalue weighted by atomic mass is 16.6. The van der Waals surface area contributed by atoms with Crippen LogP contribution < -0.4 is 15.4 Å². The molecular weight excluding hydrogens is 336 g/mol. The highest BCUT2D eigenvalue weighted by Crippen LogP contribution is 2.29. The number of amides is 3. The van der Waals surface area contributed by atoms with E-state index < -0.39 is 24.0 Å². The zero-order valence-electron chi connectivity index (χ0n) is 14.5. The maximum absolute atomic E-state index is 11.9. The fraction of sp³-hybridized carbons (Fsp3) is 0.211. The molecule has 0 fully saturated rings. The summed E-state index contributed by atoms with van der Waals surface area (Å²) < 4.78 is 10.5. The van der Waals surface area contributed by atoms with E-state index in [1.165, 1.54) is 14.0 Å². The number of benzene rings is 2. The van der Waals surface area contributed by atoms with E-state index >= 15 is 0 Å². The molecule has 7 heteroatoms. The lowest BCUT2D eigenvalue weighted by atomic mass is 10.1. The van der Waals surface area contributed by atoms with Gasteiger partial charge in [0.05, 0.1) is 0 Å². The molecule has 7 nitrogen and oxygen atoms in total. The average Bonchev–Trinajstić information content (AvgIpc) is 2.67. The molecule has 0 heterocycles. The number of urea groups is 1. The summed E-state index contributed by atoms with van der Waals surface area (Å²) in [6.07, 6.45) is -1.12. The summed E-state index contributed by atoms with van der Waals surface area (Å²) in [5.74, 6) is -0.909. The number of carbonyl (C=O) groups excluding carboxylic acids is 3. The summed E-state index contributed by atoms with van der Waals surface area (Å²) in [7, 11) is 1.37. The highest BCUT2D eigenvalue weighted by Gasteiger charge is 2.20. The van der Waals surface area contributed by atoms with Crippen molar-refractivity contribution in [2.24, 2.45) is 0 Å². The van der Waals surface area contributed by atoms with Gasteiger partial charge in [-0.05, 0) is 18.6 Å². The van der Waals surface area contributed by atoms with Crippen molar-refractivity contribution in [3.63, 3.8) is 0 Å². The molecule has 0 aliphatic heterocycles. The third-order valence-electron chi connectivity index (χ3n) is 3.46. The summed E-state index contributed by atoms with van der Waals surface area (Å²) in [5.41, 5.74) is 1.79. The number of nitrogens with one attached hydrogen (secondary N) is 2. The second kappa shape index (κ2) is 9.22. The fourth-order valence-corrected chi connectivity index (χ4v) is 2.15. The molecule has 2 aromatic carbocycles. The van der Waals surface area contributed by atoms with Gasteiger partial charge in [-0.25, -0.2) is 9.59 Å². The lowest BCUT2D eigenvalue weighted by Crippen LogP contribution is -2.43. The monoisotopic (exact) mass is 356 g/mol. The van der Waals surface area contributed by atoms with Gasteiger partial charge in [0.25, 0.3) is 5.91 Å². The van der Waals surface area contributed by atoms with E-state index in [0.717, 1.165) is 11.1 Å². The molecule has 2 N–H and O–H groups in total. The molecule has 1 atom stereocenters. The van der Waals surface area contributed by atoms with E-state index in [1.54, 1.807) is 12.1 Å². The number of imide groups is 1. The summed E-state index contributed by atoms with van der Waals surface area (Å²) in [4.78, 5) is 34.7. The largest absolute Gasteiger partial charge is 0.481 e. The first-order valence-corrected chi connectivity index (χ1v) is 8.00. The topological polar surface area (TPSA) is 93.7 Å². The number of hydrogen-bond donors (Lipinski definition) is 2. The molecule has 0 saturated heterocycles. The highest BCUT2D eigenvalue weighted by molar-refractivity contribution is 5.97. The van der Waals surface area contributed by atoms with Gasteiger partial charge in [0, 0.05) is 12.6 Å². The summed E-state index contributed by atoms with van der Waals surface area (Å²) in [6.45, 7) is 1.01. The van der Waals surface area contributed by atoms with Crippen molar-refractivity contribution in [2.75, 3.05) is 13.7 Å². The van der Waals surface area contributed by atoms with Gasteiger partial charge in [0.2, 0.25) is 0 Å². The zero-order chi connectivity index (χ0) is 18.9. The van der Waals surface area contributed by atoms with Crippen LogP contribution in [0.4, 0.5) is 4.79 Å². The van der Waals surface area contributed by atoms with E-state index in [9.17, 15) is 14.4 Å². The minimum Gasteiger partial charge on any atom is -0.481 e. The van der Waals surface area contributed by atoms with Gasteiger partial charge in [0.1, 0.15) is 5.75 Å². The van der Waals surface area contributed by atoms with Crippen molar-refractivity contribution >= 4 is 17.9 Å². The number of rotatable bonds is 6. The molecule has 26 heavy (non-hydrogen) atoms. The molecule has 0 radical (unpaired) electrons. The summed E-state index contributed by atoms with van der Waals surface area (Å²) in [6, 6.07) is 16.2. The molecule has 0 bridgehead atoms. The minimum atomic E-state index is -1.12. The number of ether oxygens (including phenoxy) is 2. The van der Waals surface area contributed by atoms with Gasteiger partial charge in [0.15, 0.2) is 12.7 Å². The zero-order valence-corrected chi connectivity index (χ0v) is 14.5. The fourth-order valence-electron chi connectivity index (χ4n) is 2.15. The number of esters is 1. The first-order valence-electron chi connectivity index (χ1n) is 8.00. The van der Waals surface area contributed by atoms with Crippen LogP contribution in [0, 0.1) is 0 Å². The Kier molecular flexibility index (Phi) is 6.73.